The Bertz CT molecular complexity index is 1280. The zero-order valence-electron chi connectivity index (χ0n) is 20.2. The minimum absolute atomic E-state index is 0. The maximum atomic E-state index is 13.0. The summed E-state index contributed by atoms with van der Waals surface area (Å²) in [5.41, 5.74) is 2.83. The molecule has 0 aliphatic heterocycles. The molecule has 0 aliphatic rings. The normalized spacial score (nSPS) is 12.6. The maximum Gasteiger partial charge on any atom is 1.00 e. The van der Waals surface area contributed by atoms with Crippen LogP contribution in [0.15, 0.2) is 109 Å². The standard InChI is InChI=1S/C22H19ClO2.C6H7O4P.Na/c23-20-10-6-17(7-11-20)15-19(14-16-4-2-1-3-5-16)22(25)18-8-12-21(24)13-9-18;7-11(8,9)10-6-4-2-1-3-5-6;/h1-13,19,24H,14-15H2;1-5H,(H2,7,8,9);/q;;+1/p-1. The minimum atomic E-state index is -4.64. The molecule has 2 unspecified atom stereocenters. The average molecular weight is 547 g/mol. The van der Waals surface area contributed by atoms with E-state index in [1.165, 1.54) is 12.1 Å². The van der Waals surface area contributed by atoms with Crippen molar-refractivity contribution in [2.45, 2.75) is 12.8 Å². The van der Waals surface area contributed by atoms with Crippen LogP contribution in [0.25, 0.3) is 0 Å². The number of phosphoric ester groups is 1. The summed E-state index contributed by atoms with van der Waals surface area (Å²) < 4.78 is 14.3. The van der Waals surface area contributed by atoms with Gasteiger partial charge in [-0.1, -0.05) is 72.3 Å². The van der Waals surface area contributed by atoms with Gasteiger partial charge in [0.15, 0.2) is 5.78 Å². The van der Waals surface area contributed by atoms with Crippen LogP contribution in [-0.4, -0.2) is 15.8 Å². The summed E-state index contributed by atoms with van der Waals surface area (Å²) in [6.45, 7) is 0. The van der Waals surface area contributed by atoms with E-state index < -0.39 is 7.82 Å². The molecular formula is C28H25ClNaO6P. The van der Waals surface area contributed by atoms with E-state index in [-0.39, 0.29) is 52.8 Å². The second-order valence-electron chi connectivity index (χ2n) is 8.00. The molecule has 0 aliphatic carbocycles. The minimum Gasteiger partial charge on any atom is -0.746 e. The molecule has 0 saturated carbocycles. The topological polar surface area (TPSA) is 107 Å². The number of benzene rings is 4. The summed E-state index contributed by atoms with van der Waals surface area (Å²) in [4.78, 5) is 31.4. The molecule has 0 spiro atoms. The second kappa shape index (κ2) is 15.1. The molecule has 4 aromatic rings. The van der Waals surface area contributed by atoms with Crippen LogP contribution in [0, 0.1) is 5.92 Å². The number of rotatable bonds is 8. The predicted molar refractivity (Wildman–Crippen MR) is 138 cm³/mol. The first-order valence-electron chi connectivity index (χ1n) is 11.1. The van der Waals surface area contributed by atoms with Crippen molar-refractivity contribution in [3.8, 4) is 11.5 Å². The van der Waals surface area contributed by atoms with Crippen molar-refractivity contribution in [3.63, 3.8) is 0 Å². The molecule has 186 valence electrons. The van der Waals surface area contributed by atoms with Crippen molar-refractivity contribution in [2.24, 2.45) is 5.92 Å². The Morgan fingerprint density at radius 2 is 1.30 bits per heavy atom. The smallest absolute Gasteiger partial charge is 0.746 e. The SMILES string of the molecule is O=C(c1ccc(O)cc1)C(Cc1ccccc1)Cc1ccc(Cl)cc1.O=P([O-])(O)Oc1ccccc1.[Na+]. The van der Waals surface area contributed by atoms with Crippen LogP contribution in [-0.2, 0) is 17.4 Å². The van der Waals surface area contributed by atoms with Gasteiger partial charge in [0.05, 0.1) is 0 Å². The number of phenols is 1. The number of phenolic OH excluding ortho intramolecular Hbond substituents is 1. The van der Waals surface area contributed by atoms with E-state index >= 15 is 0 Å². The van der Waals surface area contributed by atoms with Crippen LogP contribution in [0.4, 0.5) is 0 Å². The van der Waals surface area contributed by atoms with Gasteiger partial charge in [0.1, 0.15) is 11.5 Å². The summed E-state index contributed by atoms with van der Waals surface area (Å²) in [6, 6.07) is 31.9. The molecule has 4 rings (SSSR count). The summed E-state index contributed by atoms with van der Waals surface area (Å²) in [7, 11) is -4.64. The molecule has 2 atom stereocenters. The van der Waals surface area contributed by atoms with Gasteiger partial charge in [-0.05, 0) is 72.5 Å². The predicted octanol–water partition coefficient (Wildman–Crippen LogP) is 2.86. The molecule has 6 nitrogen and oxygen atoms in total. The van der Waals surface area contributed by atoms with Gasteiger partial charge in [-0.3, -0.25) is 9.36 Å². The number of hydrogen-bond acceptors (Lipinski definition) is 5. The zero-order valence-corrected chi connectivity index (χ0v) is 23.9. The summed E-state index contributed by atoms with van der Waals surface area (Å²) in [6.07, 6.45) is 1.31. The van der Waals surface area contributed by atoms with Crippen molar-refractivity contribution >= 4 is 25.2 Å². The molecule has 37 heavy (non-hydrogen) atoms. The van der Waals surface area contributed by atoms with Gasteiger partial charge in [-0.2, -0.15) is 0 Å². The fraction of sp³-hybridized carbons (Fsp3) is 0.107. The van der Waals surface area contributed by atoms with Gasteiger partial charge >= 0.3 is 37.4 Å². The van der Waals surface area contributed by atoms with Crippen LogP contribution in [0.1, 0.15) is 21.5 Å². The van der Waals surface area contributed by atoms with Crippen molar-refractivity contribution in [3.05, 3.63) is 131 Å². The number of halogens is 1. The van der Waals surface area contributed by atoms with Crippen molar-refractivity contribution < 1.29 is 58.3 Å². The summed E-state index contributed by atoms with van der Waals surface area (Å²) >= 11 is 5.96. The van der Waals surface area contributed by atoms with Crippen LogP contribution in [0.3, 0.4) is 0 Å². The fourth-order valence-electron chi connectivity index (χ4n) is 3.54. The van der Waals surface area contributed by atoms with Crippen LogP contribution >= 0.6 is 19.4 Å². The van der Waals surface area contributed by atoms with E-state index in [0.717, 1.165) is 11.1 Å². The quantitative estimate of drug-likeness (QED) is 0.200. The van der Waals surface area contributed by atoms with Crippen LogP contribution in [0.2, 0.25) is 5.02 Å². The molecule has 0 aromatic heterocycles. The Balaban J connectivity index is 0.000000339. The fourth-order valence-corrected chi connectivity index (χ4v) is 4.05. The van der Waals surface area contributed by atoms with Gasteiger partial charge in [0.25, 0.3) is 0 Å². The van der Waals surface area contributed by atoms with Gasteiger partial charge in [-0.25, -0.2) is 0 Å². The third kappa shape index (κ3) is 11.2. The van der Waals surface area contributed by atoms with E-state index in [1.54, 1.807) is 42.5 Å². The number of ketones is 1. The number of carbonyl (C=O) groups excluding carboxylic acids is 1. The van der Waals surface area contributed by atoms with E-state index in [0.29, 0.717) is 23.4 Å². The number of para-hydroxylation sites is 1. The average Bonchev–Trinajstić information content (AvgIpc) is 2.86. The van der Waals surface area contributed by atoms with Gasteiger partial charge < -0.3 is 19.4 Å². The van der Waals surface area contributed by atoms with Crippen molar-refractivity contribution in [1.82, 2.24) is 0 Å². The largest absolute Gasteiger partial charge is 1.00 e. The molecule has 9 heteroatoms. The van der Waals surface area contributed by atoms with Crippen LogP contribution in [0.5, 0.6) is 11.5 Å². The first-order valence-corrected chi connectivity index (χ1v) is 13.0. The van der Waals surface area contributed by atoms with Gasteiger partial charge in [0.2, 0.25) is 0 Å². The molecule has 0 saturated heterocycles. The van der Waals surface area contributed by atoms with Crippen molar-refractivity contribution in [1.29, 1.82) is 0 Å². The van der Waals surface area contributed by atoms with E-state index in [9.17, 15) is 19.4 Å². The third-order valence-electron chi connectivity index (χ3n) is 5.21. The van der Waals surface area contributed by atoms with E-state index in [1.807, 2.05) is 54.6 Å². The van der Waals surface area contributed by atoms with E-state index in [2.05, 4.69) is 4.52 Å². The Morgan fingerprint density at radius 1 is 0.811 bits per heavy atom. The first kappa shape index (κ1) is 30.8. The Morgan fingerprint density at radius 3 is 1.81 bits per heavy atom. The third-order valence-corrected chi connectivity index (χ3v) is 5.90. The molecule has 2 N–H and O–H groups in total. The van der Waals surface area contributed by atoms with Crippen molar-refractivity contribution in [2.75, 3.05) is 0 Å². The Labute approximate surface area is 243 Å². The monoisotopic (exact) mass is 546 g/mol. The molecule has 0 heterocycles. The molecular weight excluding hydrogens is 522 g/mol. The molecule has 4 aromatic carbocycles. The van der Waals surface area contributed by atoms with Crippen LogP contribution < -0.4 is 39.0 Å². The summed E-state index contributed by atoms with van der Waals surface area (Å²) in [5.74, 6) is 0.175. The molecule has 0 radical (unpaired) electrons. The number of Topliss-reactive ketones (excluding diaryl/α,β-unsaturated/α-hetero) is 1. The van der Waals surface area contributed by atoms with Gasteiger partial charge in [-0.15, -0.1) is 0 Å². The van der Waals surface area contributed by atoms with Gasteiger partial charge in [0, 0.05) is 16.5 Å². The number of carbonyl (C=O) groups is 1. The number of hydrogen-bond donors (Lipinski definition) is 2. The zero-order chi connectivity index (χ0) is 26.0. The molecule has 0 amide bonds. The first-order chi connectivity index (χ1) is 17.2. The number of aromatic hydroxyl groups is 1. The maximum absolute atomic E-state index is 13.0. The summed E-state index contributed by atoms with van der Waals surface area (Å²) in [5, 5.41) is 10.1. The second-order valence-corrected chi connectivity index (χ2v) is 9.56. The van der Waals surface area contributed by atoms with E-state index in [4.69, 9.17) is 16.5 Å². The number of phosphoric acid groups is 1. The molecule has 0 bridgehead atoms. The Hall–Kier alpha value is -2.41. The Kier molecular flexibility index (Phi) is 12.6. The molecule has 0 fully saturated rings.